The third-order valence-electron chi connectivity index (χ3n) is 5.80. The minimum absolute atomic E-state index is 0.139. The molecule has 1 saturated carbocycles. The number of fused-ring (bicyclic) bond motifs is 1. The molecule has 1 aliphatic rings. The van der Waals surface area contributed by atoms with Crippen LogP contribution in [0.1, 0.15) is 35.2 Å². The van der Waals surface area contributed by atoms with E-state index in [4.69, 9.17) is 0 Å². The van der Waals surface area contributed by atoms with Crippen LogP contribution in [0.3, 0.4) is 0 Å². The molecule has 0 unspecified atom stereocenters. The van der Waals surface area contributed by atoms with Gasteiger partial charge in [0.25, 0.3) is 11.5 Å². The Morgan fingerprint density at radius 2 is 1.88 bits per heavy atom. The first-order valence-corrected chi connectivity index (χ1v) is 10.5. The predicted molar refractivity (Wildman–Crippen MR) is 118 cm³/mol. The van der Waals surface area contributed by atoms with E-state index >= 15 is 0 Å². The van der Waals surface area contributed by atoms with Crippen LogP contribution in [0.25, 0.3) is 16.7 Å². The van der Waals surface area contributed by atoms with Crippen molar-refractivity contribution in [3.8, 4) is 5.69 Å². The number of aromatic nitrogens is 5. The molecule has 9 heteroatoms. The molecule has 0 bridgehead atoms. The second-order valence-electron chi connectivity index (χ2n) is 7.92. The lowest BCUT2D eigenvalue weighted by Crippen LogP contribution is -2.40. The van der Waals surface area contributed by atoms with Crippen LogP contribution in [0.5, 0.6) is 0 Å². The lowest BCUT2D eigenvalue weighted by Gasteiger charge is -2.17. The minimum Gasteiger partial charge on any atom is -0.391 e. The van der Waals surface area contributed by atoms with E-state index < -0.39 is 6.10 Å². The fourth-order valence-corrected chi connectivity index (χ4v) is 4.11. The number of aliphatic hydroxyl groups is 1. The van der Waals surface area contributed by atoms with Crippen molar-refractivity contribution in [3.05, 3.63) is 82.8 Å². The number of nitrogens with zero attached hydrogens (tertiary/aromatic N) is 5. The number of carbonyl (C=O) groups excluding carboxylic acids is 1. The summed E-state index contributed by atoms with van der Waals surface area (Å²) in [7, 11) is 0. The lowest BCUT2D eigenvalue weighted by atomic mass is 10.1. The second kappa shape index (κ2) is 8.35. The summed E-state index contributed by atoms with van der Waals surface area (Å²) in [6.45, 7) is 0.275. The van der Waals surface area contributed by atoms with Gasteiger partial charge in [-0.25, -0.2) is 9.67 Å². The average Bonchev–Trinajstić information content (AvgIpc) is 3.49. The Kier molecular flexibility index (Phi) is 5.24. The largest absolute Gasteiger partial charge is 0.391 e. The summed E-state index contributed by atoms with van der Waals surface area (Å²) >= 11 is 0. The van der Waals surface area contributed by atoms with Gasteiger partial charge in [-0.1, -0.05) is 12.1 Å². The number of rotatable bonds is 5. The van der Waals surface area contributed by atoms with Gasteiger partial charge in [-0.2, -0.15) is 5.10 Å². The van der Waals surface area contributed by atoms with E-state index in [2.05, 4.69) is 20.4 Å². The van der Waals surface area contributed by atoms with Crippen LogP contribution in [-0.4, -0.2) is 47.5 Å². The Balaban J connectivity index is 1.48. The molecular formula is C23H22N6O3. The third kappa shape index (κ3) is 3.78. The molecule has 32 heavy (non-hydrogen) atoms. The van der Waals surface area contributed by atoms with E-state index in [9.17, 15) is 14.7 Å². The summed E-state index contributed by atoms with van der Waals surface area (Å²) in [4.78, 5) is 34.5. The SMILES string of the molecule is O=C(N[C@H]1CCC[C@@H]1O)c1cn(Cc2ccc(-n3cccn3)cc2)c(=O)c2nccnc12. The summed E-state index contributed by atoms with van der Waals surface area (Å²) < 4.78 is 3.22. The highest BCUT2D eigenvalue weighted by molar-refractivity contribution is 6.04. The molecule has 3 aromatic heterocycles. The standard InChI is InChI=1S/C23H22N6O3/c30-19-4-1-3-18(19)27-22(31)17-14-28(23(32)21-20(17)24-10-11-25-21)13-15-5-7-16(8-6-15)29-12-2-9-26-29/h2,5-12,14,18-19,30H,1,3-4,13H2,(H,27,31)/t18-,19-/m0/s1. The zero-order valence-corrected chi connectivity index (χ0v) is 17.3. The maximum absolute atomic E-state index is 13.0. The molecule has 2 atom stereocenters. The lowest BCUT2D eigenvalue weighted by molar-refractivity contribution is 0.0874. The molecular weight excluding hydrogens is 408 g/mol. The van der Waals surface area contributed by atoms with Crippen LogP contribution in [0.2, 0.25) is 0 Å². The summed E-state index contributed by atoms with van der Waals surface area (Å²) in [6.07, 6.45) is 9.68. The monoisotopic (exact) mass is 430 g/mol. The van der Waals surface area contributed by atoms with E-state index in [0.717, 1.165) is 24.1 Å². The highest BCUT2D eigenvalue weighted by atomic mass is 16.3. The first-order valence-electron chi connectivity index (χ1n) is 10.5. The van der Waals surface area contributed by atoms with Crippen LogP contribution in [0.4, 0.5) is 0 Å². The van der Waals surface area contributed by atoms with E-state index in [0.29, 0.717) is 6.42 Å². The quantitative estimate of drug-likeness (QED) is 0.498. The summed E-state index contributed by atoms with van der Waals surface area (Å²) in [5.41, 5.74) is 2.14. The average molecular weight is 430 g/mol. The first kappa shape index (κ1) is 20.1. The van der Waals surface area contributed by atoms with Gasteiger partial charge in [0, 0.05) is 31.0 Å². The molecule has 9 nitrogen and oxygen atoms in total. The number of aliphatic hydroxyl groups excluding tert-OH is 1. The summed E-state index contributed by atoms with van der Waals surface area (Å²) in [5, 5.41) is 17.2. The zero-order chi connectivity index (χ0) is 22.1. The van der Waals surface area contributed by atoms with Crippen molar-refractivity contribution < 1.29 is 9.90 Å². The molecule has 1 aliphatic carbocycles. The highest BCUT2D eigenvalue weighted by Crippen LogP contribution is 2.20. The minimum atomic E-state index is -0.560. The Bertz CT molecular complexity index is 1310. The summed E-state index contributed by atoms with van der Waals surface area (Å²) in [5.74, 6) is -0.371. The van der Waals surface area contributed by atoms with Gasteiger partial charge in [-0.05, 0) is 43.0 Å². The zero-order valence-electron chi connectivity index (χ0n) is 17.3. The fourth-order valence-electron chi connectivity index (χ4n) is 4.11. The van der Waals surface area contributed by atoms with Gasteiger partial charge in [0.15, 0.2) is 5.52 Å². The van der Waals surface area contributed by atoms with Crippen molar-refractivity contribution in [2.75, 3.05) is 0 Å². The normalized spacial score (nSPS) is 18.2. The van der Waals surface area contributed by atoms with E-state index in [1.165, 1.54) is 23.2 Å². The van der Waals surface area contributed by atoms with Gasteiger partial charge in [-0.15, -0.1) is 0 Å². The molecule has 4 aromatic rings. The first-order chi connectivity index (χ1) is 15.6. The Morgan fingerprint density at radius 1 is 1.09 bits per heavy atom. The molecule has 1 amide bonds. The summed E-state index contributed by atoms with van der Waals surface area (Å²) in [6, 6.07) is 9.22. The number of carbonyl (C=O) groups is 1. The van der Waals surface area contributed by atoms with Gasteiger partial charge in [0.1, 0.15) is 5.52 Å². The Hall–Kier alpha value is -3.85. The van der Waals surface area contributed by atoms with Crippen molar-refractivity contribution in [1.29, 1.82) is 0 Å². The van der Waals surface area contributed by atoms with Crippen molar-refractivity contribution >= 4 is 16.9 Å². The molecule has 0 spiro atoms. The molecule has 0 radical (unpaired) electrons. The van der Waals surface area contributed by atoms with Crippen LogP contribution >= 0.6 is 0 Å². The van der Waals surface area contributed by atoms with Crippen molar-refractivity contribution in [1.82, 2.24) is 29.6 Å². The number of benzene rings is 1. The molecule has 1 aromatic carbocycles. The van der Waals surface area contributed by atoms with Crippen molar-refractivity contribution in [3.63, 3.8) is 0 Å². The molecule has 2 N–H and O–H groups in total. The maximum atomic E-state index is 13.0. The van der Waals surface area contributed by atoms with Crippen LogP contribution in [0.15, 0.2) is 66.1 Å². The Labute approximate surface area is 183 Å². The molecule has 0 saturated heterocycles. The molecule has 5 rings (SSSR count). The number of pyridine rings is 1. The van der Waals surface area contributed by atoms with Crippen LogP contribution < -0.4 is 10.9 Å². The topological polar surface area (TPSA) is 115 Å². The third-order valence-corrected chi connectivity index (χ3v) is 5.80. The number of hydrogen-bond donors (Lipinski definition) is 2. The van der Waals surface area contributed by atoms with Crippen LogP contribution in [0, 0.1) is 0 Å². The molecule has 0 aliphatic heterocycles. The van der Waals surface area contributed by atoms with E-state index in [1.54, 1.807) is 10.9 Å². The van der Waals surface area contributed by atoms with Crippen molar-refractivity contribution in [2.24, 2.45) is 0 Å². The van der Waals surface area contributed by atoms with E-state index in [-0.39, 0.29) is 40.6 Å². The van der Waals surface area contributed by atoms with Gasteiger partial charge in [-0.3, -0.25) is 14.6 Å². The molecule has 3 heterocycles. The van der Waals surface area contributed by atoms with Gasteiger partial charge in [0.2, 0.25) is 0 Å². The predicted octanol–water partition coefficient (Wildman–Crippen LogP) is 1.67. The second-order valence-corrected chi connectivity index (χ2v) is 7.92. The van der Waals surface area contributed by atoms with Crippen LogP contribution in [-0.2, 0) is 6.54 Å². The maximum Gasteiger partial charge on any atom is 0.279 e. The van der Waals surface area contributed by atoms with E-state index in [1.807, 2.05) is 36.5 Å². The molecule has 1 fully saturated rings. The molecule has 162 valence electrons. The number of nitrogens with one attached hydrogen (secondary N) is 1. The smallest absolute Gasteiger partial charge is 0.279 e. The number of hydrogen-bond acceptors (Lipinski definition) is 6. The van der Waals surface area contributed by atoms with Gasteiger partial charge < -0.3 is 15.0 Å². The fraction of sp³-hybridized carbons (Fsp3) is 0.261. The van der Waals surface area contributed by atoms with Gasteiger partial charge in [0.05, 0.1) is 29.9 Å². The Morgan fingerprint density at radius 3 is 2.56 bits per heavy atom. The van der Waals surface area contributed by atoms with Gasteiger partial charge >= 0.3 is 0 Å². The number of amides is 1. The highest BCUT2D eigenvalue weighted by Gasteiger charge is 2.28. The van der Waals surface area contributed by atoms with Crippen molar-refractivity contribution in [2.45, 2.75) is 38.0 Å².